The van der Waals surface area contributed by atoms with Gasteiger partial charge in [0.05, 0.1) is 60.4 Å². The van der Waals surface area contributed by atoms with E-state index < -0.39 is 6.10 Å². The summed E-state index contributed by atoms with van der Waals surface area (Å²) in [7, 11) is 0. The van der Waals surface area contributed by atoms with Crippen LogP contribution in [0.2, 0.25) is 0 Å². The van der Waals surface area contributed by atoms with E-state index >= 15 is 0 Å². The molecule has 0 amide bonds. The van der Waals surface area contributed by atoms with Crippen molar-refractivity contribution in [2.45, 2.75) is 58.2 Å². The summed E-state index contributed by atoms with van der Waals surface area (Å²) in [6.07, 6.45) is 15.5. The Morgan fingerprint density at radius 1 is 0.939 bits per heavy atom. The first-order valence-corrected chi connectivity index (χ1v) is 12.0. The highest BCUT2D eigenvalue weighted by Crippen LogP contribution is 2.28. The molecule has 0 bridgehead atoms. The summed E-state index contributed by atoms with van der Waals surface area (Å²) >= 11 is 0. The van der Waals surface area contributed by atoms with E-state index in [4.69, 9.17) is 4.98 Å². The second kappa shape index (κ2) is 9.44. The quantitative estimate of drug-likeness (QED) is 0.423. The Labute approximate surface area is 193 Å². The Morgan fingerprint density at radius 2 is 1.73 bits per heavy atom. The number of β-amino-alcohol motifs (C(OH)–C–C–N with tert-alkyl or cyclic N) is 1. The lowest BCUT2D eigenvalue weighted by molar-refractivity contribution is 0.106. The summed E-state index contributed by atoms with van der Waals surface area (Å²) in [6, 6.07) is 2.35. The lowest BCUT2D eigenvalue weighted by atomic mass is 10.1. The fraction of sp³-hybridized carbons (Fsp3) is 0.500. The third-order valence-electron chi connectivity index (χ3n) is 6.58. The molecule has 174 valence electrons. The second-order valence-electron chi connectivity index (χ2n) is 8.93. The minimum absolute atomic E-state index is 0.382. The molecule has 1 unspecified atom stereocenters. The minimum Gasteiger partial charge on any atom is -0.390 e. The van der Waals surface area contributed by atoms with Gasteiger partial charge in [-0.25, -0.2) is 9.50 Å². The standard InChI is InChI=1S/C24H32N8O/c1-3-20(4-2)31-14-19(12-27-31)24-23-7-8-25-32(23)17-22(28-24)18-11-26-30(13-18)16-21(33)15-29-9-5-6-10-29/h7-8,11-14,17,20-21,33H,3-6,9-10,15-16H2,1-2H3. The van der Waals surface area contributed by atoms with Gasteiger partial charge in [0.25, 0.3) is 0 Å². The van der Waals surface area contributed by atoms with Crippen LogP contribution in [0.15, 0.2) is 43.2 Å². The smallest absolute Gasteiger partial charge is 0.0999 e. The van der Waals surface area contributed by atoms with Crippen LogP contribution in [0.4, 0.5) is 0 Å². The maximum atomic E-state index is 10.5. The third-order valence-corrected chi connectivity index (χ3v) is 6.58. The Hall–Kier alpha value is -3.04. The van der Waals surface area contributed by atoms with E-state index in [9.17, 15) is 5.11 Å². The summed E-state index contributed by atoms with van der Waals surface area (Å²) in [6.45, 7) is 7.68. The zero-order valence-corrected chi connectivity index (χ0v) is 19.4. The van der Waals surface area contributed by atoms with E-state index in [1.165, 1.54) is 12.8 Å². The molecule has 1 saturated heterocycles. The van der Waals surface area contributed by atoms with Crippen LogP contribution in [-0.4, -0.2) is 69.9 Å². The van der Waals surface area contributed by atoms with E-state index in [0.717, 1.165) is 54.0 Å². The van der Waals surface area contributed by atoms with Gasteiger partial charge in [-0.3, -0.25) is 9.36 Å². The number of aliphatic hydroxyl groups excluding tert-OH is 1. The van der Waals surface area contributed by atoms with Crippen molar-refractivity contribution in [1.29, 1.82) is 0 Å². The summed E-state index contributed by atoms with van der Waals surface area (Å²) in [4.78, 5) is 7.29. The summed E-state index contributed by atoms with van der Waals surface area (Å²) in [5.74, 6) is 0. The molecular weight excluding hydrogens is 416 g/mol. The van der Waals surface area contributed by atoms with E-state index in [0.29, 0.717) is 19.1 Å². The maximum Gasteiger partial charge on any atom is 0.0999 e. The van der Waals surface area contributed by atoms with Crippen molar-refractivity contribution in [3.05, 3.63) is 43.2 Å². The predicted molar refractivity (Wildman–Crippen MR) is 127 cm³/mol. The first-order chi connectivity index (χ1) is 16.1. The van der Waals surface area contributed by atoms with Crippen molar-refractivity contribution in [1.82, 2.24) is 39.1 Å². The molecule has 0 saturated carbocycles. The average Bonchev–Trinajstić information content (AvgIpc) is 3.61. The number of rotatable bonds is 9. The molecule has 9 heteroatoms. The lowest BCUT2D eigenvalue weighted by Gasteiger charge is -2.19. The molecule has 0 spiro atoms. The first kappa shape index (κ1) is 21.8. The van der Waals surface area contributed by atoms with Crippen LogP contribution < -0.4 is 0 Å². The number of nitrogens with zero attached hydrogens (tertiary/aromatic N) is 8. The van der Waals surface area contributed by atoms with Gasteiger partial charge in [-0.05, 0) is 44.8 Å². The normalized spacial score (nSPS) is 15.8. The highest BCUT2D eigenvalue weighted by Gasteiger charge is 2.18. The Bertz CT molecular complexity index is 1200. The van der Waals surface area contributed by atoms with Crippen molar-refractivity contribution in [3.8, 4) is 22.5 Å². The number of fused-ring (bicyclic) bond motifs is 1. The number of aliphatic hydroxyl groups is 1. The fourth-order valence-corrected chi connectivity index (χ4v) is 4.73. The third kappa shape index (κ3) is 4.56. The van der Waals surface area contributed by atoms with Gasteiger partial charge in [-0.2, -0.15) is 15.3 Å². The Balaban J connectivity index is 1.41. The van der Waals surface area contributed by atoms with Crippen LogP contribution in [0.1, 0.15) is 45.6 Å². The van der Waals surface area contributed by atoms with Gasteiger partial charge in [-0.1, -0.05) is 13.8 Å². The van der Waals surface area contributed by atoms with Crippen molar-refractivity contribution in [2.75, 3.05) is 19.6 Å². The van der Waals surface area contributed by atoms with E-state index in [1.54, 1.807) is 17.1 Å². The molecule has 1 N–H and O–H groups in total. The van der Waals surface area contributed by atoms with Gasteiger partial charge >= 0.3 is 0 Å². The van der Waals surface area contributed by atoms with Crippen LogP contribution in [0.3, 0.4) is 0 Å². The van der Waals surface area contributed by atoms with E-state index in [-0.39, 0.29) is 0 Å². The number of aromatic nitrogens is 7. The number of hydrogen-bond donors (Lipinski definition) is 1. The maximum absolute atomic E-state index is 10.5. The number of likely N-dealkylation sites (tertiary alicyclic amines) is 1. The zero-order chi connectivity index (χ0) is 22.8. The van der Waals surface area contributed by atoms with Crippen LogP contribution in [0, 0.1) is 0 Å². The first-order valence-electron chi connectivity index (χ1n) is 12.0. The fourth-order valence-electron chi connectivity index (χ4n) is 4.73. The molecular formula is C24H32N8O. The van der Waals surface area contributed by atoms with Crippen LogP contribution in [0.5, 0.6) is 0 Å². The molecule has 1 aliphatic heterocycles. The van der Waals surface area contributed by atoms with Crippen LogP contribution in [-0.2, 0) is 6.54 Å². The van der Waals surface area contributed by atoms with Gasteiger partial charge in [0, 0.05) is 30.1 Å². The van der Waals surface area contributed by atoms with Crippen molar-refractivity contribution in [2.24, 2.45) is 0 Å². The molecule has 0 radical (unpaired) electrons. The van der Waals surface area contributed by atoms with Crippen molar-refractivity contribution in [3.63, 3.8) is 0 Å². The van der Waals surface area contributed by atoms with Gasteiger partial charge < -0.3 is 10.0 Å². The molecule has 0 aromatic carbocycles. The summed E-state index contributed by atoms with van der Waals surface area (Å²) in [5, 5.41) is 24.0. The topological polar surface area (TPSA) is 89.3 Å². The molecule has 1 atom stereocenters. The Kier molecular flexibility index (Phi) is 6.24. The lowest BCUT2D eigenvalue weighted by Crippen LogP contribution is -2.32. The summed E-state index contributed by atoms with van der Waals surface area (Å²) < 4.78 is 5.69. The monoisotopic (exact) mass is 448 g/mol. The van der Waals surface area contributed by atoms with Gasteiger partial charge in [0.2, 0.25) is 0 Å². The minimum atomic E-state index is -0.441. The van der Waals surface area contributed by atoms with E-state index in [2.05, 4.69) is 40.2 Å². The molecule has 1 fully saturated rings. The van der Waals surface area contributed by atoms with Gasteiger partial charge in [-0.15, -0.1) is 0 Å². The van der Waals surface area contributed by atoms with E-state index in [1.807, 2.05) is 33.9 Å². The molecule has 1 aliphatic rings. The largest absolute Gasteiger partial charge is 0.390 e. The molecule has 33 heavy (non-hydrogen) atoms. The van der Waals surface area contributed by atoms with Gasteiger partial charge in [0.15, 0.2) is 0 Å². The Morgan fingerprint density at radius 3 is 2.52 bits per heavy atom. The molecule has 0 aliphatic carbocycles. The summed E-state index contributed by atoms with van der Waals surface area (Å²) in [5.41, 5.74) is 4.45. The predicted octanol–water partition coefficient (Wildman–Crippen LogP) is 3.27. The highest BCUT2D eigenvalue weighted by molar-refractivity contribution is 5.78. The second-order valence-corrected chi connectivity index (χ2v) is 8.93. The molecule has 5 heterocycles. The molecule has 4 aromatic rings. The van der Waals surface area contributed by atoms with Crippen molar-refractivity contribution < 1.29 is 5.11 Å². The highest BCUT2D eigenvalue weighted by atomic mass is 16.3. The average molecular weight is 449 g/mol. The van der Waals surface area contributed by atoms with Crippen LogP contribution >= 0.6 is 0 Å². The van der Waals surface area contributed by atoms with Crippen LogP contribution in [0.25, 0.3) is 28.0 Å². The van der Waals surface area contributed by atoms with Gasteiger partial charge in [0.1, 0.15) is 0 Å². The zero-order valence-electron chi connectivity index (χ0n) is 19.4. The van der Waals surface area contributed by atoms with Crippen molar-refractivity contribution >= 4 is 5.52 Å². The number of hydrogen-bond acceptors (Lipinski definition) is 6. The molecule has 5 rings (SSSR count). The molecule has 9 nitrogen and oxygen atoms in total. The molecule has 4 aromatic heterocycles. The SMILES string of the molecule is CCC(CC)n1cc(-c2nc(-c3cnn(CC(O)CN4CCCC4)c3)cn3nccc23)cn1.